The molecule has 0 amide bonds. The maximum absolute atomic E-state index is 13.2. The van der Waals surface area contributed by atoms with Crippen molar-refractivity contribution in [3.63, 3.8) is 0 Å². The van der Waals surface area contributed by atoms with Crippen molar-refractivity contribution in [1.29, 1.82) is 0 Å². The zero-order chi connectivity index (χ0) is 25.3. The molecule has 0 spiro atoms. The fraction of sp³-hybridized carbons (Fsp3) is 0.355. The zero-order valence-electron chi connectivity index (χ0n) is 20.5. The molecule has 3 aromatic carbocycles. The van der Waals surface area contributed by atoms with E-state index in [-0.39, 0.29) is 18.5 Å². The molecule has 5 heteroatoms. The van der Waals surface area contributed by atoms with Crippen LogP contribution in [-0.2, 0) is 19.0 Å². The number of alkyl halides is 4. The highest BCUT2D eigenvalue weighted by Crippen LogP contribution is 2.45. The topological polar surface area (TPSA) is 3.24 Å². The summed E-state index contributed by atoms with van der Waals surface area (Å²) in [5.74, 6) is 0.296. The Bertz CT molecular complexity index is 1220. The first-order chi connectivity index (χ1) is 17.3. The Morgan fingerprint density at radius 2 is 1.58 bits per heavy atom. The van der Waals surface area contributed by atoms with E-state index < -0.39 is 11.7 Å². The van der Waals surface area contributed by atoms with Crippen molar-refractivity contribution in [3.05, 3.63) is 106 Å². The lowest BCUT2D eigenvalue weighted by Crippen LogP contribution is -2.47. The molecule has 1 saturated heterocycles. The van der Waals surface area contributed by atoms with Gasteiger partial charge in [0.05, 0.1) is 12.2 Å². The average Bonchev–Trinajstić information content (AvgIpc) is 2.85. The smallest absolute Gasteiger partial charge is 0.302 e. The van der Waals surface area contributed by atoms with Crippen molar-refractivity contribution in [1.82, 2.24) is 4.90 Å². The lowest BCUT2D eigenvalue weighted by molar-refractivity contribution is -0.137. The van der Waals surface area contributed by atoms with Gasteiger partial charge in [0, 0.05) is 24.9 Å². The Labute approximate surface area is 210 Å². The van der Waals surface area contributed by atoms with Crippen molar-refractivity contribution >= 4 is 11.1 Å². The van der Waals surface area contributed by atoms with Crippen molar-refractivity contribution in [2.75, 3.05) is 26.3 Å². The second kappa shape index (κ2) is 10.2. The highest BCUT2D eigenvalue weighted by molar-refractivity contribution is 5.95. The van der Waals surface area contributed by atoms with E-state index in [1.807, 2.05) is 12.1 Å². The predicted molar refractivity (Wildman–Crippen MR) is 137 cm³/mol. The highest BCUT2D eigenvalue weighted by Gasteiger charge is 2.32. The van der Waals surface area contributed by atoms with Gasteiger partial charge in [-0.1, -0.05) is 60.7 Å². The quantitative estimate of drug-likeness (QED) is 0.304. The van der Waals surface area contributed by atoms with Crippen molar-refractivity contribution in [2.45, 2.75) is 38.3 Å². The summed E-state index contributed by atoms with van der Waals surface area (Å²) in [6.45, 7) is 4.60. The summed E-state index contributed by atoms with van der Waals surface area (Å²) in [5.41, 5.74) is 7.31. The van der Waals surface area contributed by atoms with Gasteiger partial charge in [0.25, 0.3) is 0 Å². The third-order valence-corrected chi connectivity index (χ3v) is 7.69. The third kappa shape index (κ3) is 5.12. The number of rotatable bonds is 7. The molecule has 3 aromatic rings. The van der Waals surface area contributed by atoms with Gasteiger partial charge in [-0.25, -0.2) is 0 Å². The van der Waals surface area contributed by atoms with Gasteiger partial charge in [0.1, 0.15) is 0 Å². The molecule has 0 bridgehead atoms. The number of hydrogen-bond acceptors (Lipinski definition) is 1. The van der Waals surface area contributed by atoms with E-state index in [9.17, 15) is 17.6 Å². The summed E-state index contributed by atoms with van der Waals surface area (Å²) < 4.78 is 52.1. The first-order valence-electron chi connectivity index (χ1n) is 12.7. The maximum Gasteiger partial charge on any atom is 0.416 e. The Hall–Kier alpha value is -2.92. The van der Waals surface area contributed by atoms with Crippen LogP contribution >= 0.6 is 0 Å². The number of nitrogens with zero attached hydrogens (tertiary/aromatic N) is 1. The van der Waals surface area contributed by atoms with Crippen LogP contribution in [0.5, 0.6) is 0 Å². The van der Waals surface area contributed by atoms with Crippen LogP contribution in [0.15, 0.2) is 72.8 Å². The molecule has 0 aromatic heterocycles. The minimum atomic E-state index is -4.35. The molecule has 1 heterocycles. The second-order valence-electron chi connectivity index (χ2n) is 10.2. The molecule has 1 aliphatic heterocycles. The van der Waals surface area contributed by atoms with Gasteiger partial charge < -0.3 is 4.90 Å². The zero-order valence-corrected chi connectivity index (χ0v) is 20.5. The number of aryl methyl sites for hydroxylation is 1. The monoisotopic (exact) mass is 493 g/mol. The standard InChI is InChI=1S/C31H31F4N/c1-21-28-7-3-2-6-26(28)17-29(30(21)25-12-14-27(15-13-25)31(33,34)35)24-10-8-22(9-11-24)5-4-16-36-19-23(18-32)20-36/h2-3,6-15,23,29H,4-5,16-20H2,1H3/t29-/m0/s1. The van der Waals surface area contributed by atoms with Crippen LogP contribution in [0.3, 0.4) is 0 Å². The van der Waals surface area contributed by atoms with Gasteiger partial charge in [-0.15, -0.1) is 0 Å². The molecular weight excluding hydrogens is 462 g/mol. The number of allylic oxidation sites excluding steroid dienone is 2. The Kier molecular flexibility index (Phi) is 7.03. The Balaban J connectivity index is 1.38. The number of likely N-dealkylation sites (tertiary alicyclic amines) is 1. The molecule has 2 aliphatic rings. The molecule has 1 atom stereocenters. The molecule has 5 rings (SSSR count). The highest BCUT2D eigenvalue weighted by atomic mass is 19.4. The van der Waals surface area contributed by atoms with Crippen molar-refractivity contribution in [3.8, 4) is 0 Å². The first-order valence-corrected chi connectivity index (χ1v) is 12.7. The summed E-state index contributed by atoms with van der Waals surface area (Å²) in [7, 11) is 0. The fourth-order valence-corrected chi connectivity index (χ4v) is 5.71. The first kappa shape index (κ1) is 24.8. The lowest BCUT2D eigenvalue weighted by Gasteiger charge is -2.37. The summed E-state index contributed by atoms with van der Waals surface area (Å²) in [4.78, 5) is 2.31. The van der Waals surface area contributed by atoms with Crippen LogP contribution in [-0.4, -0.2) is 31.2 Å². The number of hydrogen-bond donors (Lipinski definition) is 0. The molecule has 0 radical (unpaired) electrons. The van der Waals surface area contributed by atoms with Gasteiger partial charge in [-0.2, -0.15) is 13.2 Å². The molecule has 0 saturated carbocycles. The van der Waals surface area contributed by atoms with E-state index in [4.69, 9.17) is 0 Å². The number of fused-ring (bicyclic) bond motifs is 1. The van der Waals surface area contributed by atoms with Crippen molar-refractivity contribution in [2.24, 2.45) is 5.92 Å². The molecule has 1 fully saturated rings. The SMILES string of the molecule is CC1=C(c2ccc(C(F)(F)F)cc2)[C@H](c2ccc(CCCN3CC(CF)C3)cc2)Cc2ccccc21. The van der Waals surface area contributed by atoms with E-state index in [1.165, 1.54) is 34.4 Å². The molecule has 0 unspecified atom stereocenters. The maximum atomic E-state index is 13.2. The second-order valence-corrected chi connectivity index (χ2v) is 10.2. The number of benzene rings is 3. The van der Waals surface area contributed by atoms with Gasteiger partial charge >= 0.3 is 6.18 Å². The summed E-state index contributed by atoms with van der Waals surface area (Å²) in [5, 5.41) is 0. The van der Waals surface area contributed by atoms with E-state index in [2.05, 4.69) is 48.2 Å². The lowest BCUT2D eigenvalue weighted by atomic mass is 9.73. The van der Waals surface area contributed by atoms with Gasteiger partial charge in [-0.05, 0) is 83.8 Å². The van der Waals surface area contributed by atoms with E-state index in [0.29, 0.717) is 0 Å². The summed E-state index contributed by atoms with van der Waals surface area (Å²) in [6.07, 6.45) is -1.51. The Morgan fingerprint density at radius 3 is 2.25 bits per heavy atom. The van der Waals surface area contributed by atoms with E-state index in [0.717, 1.165) is 55.6 Å². The normalized spacial score (nSPS) is 18.8. The minimum Gasteiger partial charge on any atom is -0.302 e. The molecular formula is C31H31F4N. The van der Waals surface area contributed by atoms with Gasteiger partial charge in [-0.3, -0.25) is 4.39 Å². The molecule has 36 heavy (non-hydrogen) atoms. The van der Waals surface area contributed by atoms with E-state index in [1.54, 1.807) is 12.1 Å². The van der Waals surface area contributed by atoms with Gasteiger partial charge in [0.15, 0.2) is 0 Å². The third-order valence-electron chi connectivity index (χ3n) is 7.69. The van der Waals surface area contributed by atoms with E-state index >= 15 is 0 Å². The average molecular weight is 494 g/mol. The fourth-order valence-electron chi connectivity index (χ4n) is 5.71. The molecule has 1 aliphatic carbocycles. The summed E-state index contributed by atoms with van der Waals surface area (Å²) in [6, 6.07) is 22.6. The van der Waals surface area contributed by atoms with Crippen LogP contribution < -0.4 is 0 Å². The van der Waals surface area contributed by atoms with Crippen LogP contribution in [0.1, 0.15) is 52.6 Å². The molecule has 0 N–H and O–H groups in total. The van der Waals surface area contributed by atoms with Gasteiger partial charge in [0.2, 0.25) is 0 Å². The van der Waals surface area contributed by atoms with Crippen LogP contribution in [0.2, 0.25) is 0 Å². The molecule has 188 valence electrons. The molecule has 1 nitrogen and oxygen atoms in total. The predicted octanol–water partition coefficient (Wildman–Crippen LogP) is 7.81. The van der Waals surface area contributed by atoms with Crippen LogP contribution in [0, 0.1) is 5.92 Å². The largest absolute Gasteiger partial charge is 0.416 e. The summed E-state index contributed by atoms with van der Waals surface area (Å²) >= 11 is 0. The minimum absolute atomic E-state index is 0.0735. The van der Waals surface area contributed by atoms with Crippen LogP contribution in [0.25, 0.3) is 11.1 Å². The van der Waals surface area contributed by atoms with Crippen LogP contribution in [0.4, 0.5) is 17.6 Å². The van der Waals surface area contributed by atoms with Crippen molar-refractivity contribution < 1.29 is 17.6 Å². The Morgan fingerprint density at radius 1 is 0.889 bits per heavy atom. The number of halogens is 4.